The Balaban J connectivity index is 2.03. The van der Waals surface area contributed by atoms with Crippen molar-refractivity contribution in [2.24, 2.45) is 0 Å². The lowest BCUT2D eigenvalue weighted by molar-refractivity contribution is -0.0591. The number of nitrogens with zero attached hydrogens (tertiary/aromatic N) is 1. The second kappa shape index (κ2) is 3.29. The monoisotopic (exact) mass is 204 g/mol. The quantitative estimate of drug-likeness (QED) is 0.695. The van der Waals surface area contributed by atoms with Crippen LogP contribution < -0.4 is 5.32 Å². The lowest BCUT2D eigenvalue weighted by Crippen LogP contribution is -2.39. The van der Waals surface area contributed by atoms with Crippen molar-refractivity contribution in [1.82, 2.24) is 10.3 Å². The van der Waals surface area contributed by atoms with Gasteiger partial charge in [-0.3, -0.25) is 4.98 Å². The lowest BCUT2D eigenvalue weighted by atomic mass is 9.85. The first-order chi connectivity index (χ1) is 7.30. The van der Waals surface area contributed by atoms with Gasteiger partial charge in [0, 0.05) is 17.5 Å². The van der Waals surface area contributed by atoms with Gasteiger partial charge in [0.2, 0.25) is 0 Å². The van der Waals surface area contributed by atoms with Gasteiger partial charge in [-0.25, -0.2) is 0 Å². The van der Waals surface area contributed by atoms with Gasteiger partial charge in [-0.05, 0) is 44.5 Å². The first-order valence-corrected chi connectivity index (χ1v) is 5.61. The third-order valence-electron chi connectivity index (χ3n) is 3.53. The SMILES string of the molecule is Cc1cc2c(cn1)C1(CCNCC1)OC2. The minimum absolute atomic E-state index is 0.0265. The molecule has 3 heteroatoms. The second-order valence-electron chi connectivity index (χ2n) is 4.52. The number of rotatable bonds is 0. The van der Waals surface area contributed by atoms with Crippen molar-refractivity contribution in [2.75, 3.05) is 13.1 Å². The topological polar surface area (TPSA) is 34.2 Å². The number of hydrogen-bond acceptors (Lipinski definition) is 3. The van der Waals surface area contributed by atoms with Gasteiger partial charge in [-0.2, -0.15) is 0 Å². The zero-order chi connectivity index (χ0) is 10.3. The highest BCUT2D eigenvalue weighted by Gasteiger charge is 2.41. The van der Waals surface area contributed by atoms with Crippen molar-refractivity contribution >= 4 is 0 Å². The second-order valence-corrected chi connectivity index (χ2v) is 4.52. The summed E-state index contributed by atoms with van der Waals surface area (Å²) in [6.45, 7) is 4.90. The number of aryl methyl sites for hydroxylation is 1. The summed E-state index contributed by atoms with van der Waals surface area (Å²) >= 11 is 0. The summed E-state index contributed by atoms with van der Waals surface area (Å²) in [5.41, 5.74) is 3.73. The highest BCUT2D eigenvalue weighted by molar-refractivity contribution is 5.35. The molecule has 1 spiro atoms. The van der Waals surface area contributed by atoms with Crippen LogP contribution in [0.25, 0.3) is 0 Å². The lowest BCUT2D eigenvalue weighted by Gasteiger charge is -2.33. The number of pyridine rings is 1. The third-order valence-corrected chi connectivity index (χ3v) is 3.53. The van der Waals surface area contributed by atoms with E-state index in [4.69, 9.17) is 4.74 Å². The van der Waals surface area contributed by atoms with E-state index in [2.05, 4.69) is 16.4 Å². The van der Waals surface area contributed by atoms with Crippen molar-refractivity contribution in [2.45, 2.75) is 32.0 Å². The minimum atomic E-state index is -0.0265. The summed E-state index contributed by atoms with van der Waals surface area (Å²) < 4.78 is 6.03. The van der Waals surface area contributed by atoms with E-state index in [-0.39, 0.29) is 5.60 Å². The summed E-state index contributed by atoms with van der Waals surface area (Å²) in [6, 6.07) is 2.16. The Kier molecular flexibility index (Phi) is 2.04. The Bertz CT molecular complexity index is 383. The average molecular weight is 204 g/mol. The standard InChI is InChI=1S/C12H16N2O/c1-9-6-10-8-15-12(11(10)7-14-9)2-4-13-5-3-12/h6-7,13H,2-5,8H2,1H3. The molecule has 1 fully saturated rings. The van der Waals surface area contributed by atoms with E-state index >= 15 is 0 Å². The normalized spacial score (nSPS) is 23.0. The minimum Gasteiger partial charge on any atom is -0.365 e. The fraction of sp³-hybridized carbons (Fsp3) is 0.583. The summed E-state index contributed by atoms with van der Waals surface area (Å²) in [5.74, 6) is 0. The predicted octanol–water partition coefficient (Wildman–Crippen LogP) is 1.50. The molecule has 3 nitrogen and oxygen atoms in total. The van der Waals surface area contributed by atoms with Crippen molar-refractivity contribution in [3.8, 4) is 0 Å². The molecule has 15 heavy (non-hydrogen) atoms. The molecule has 1 aromatic heterocycles. The van der Waals surface area contributed by atoms with Crippen LogP contribution in [0.3, 0.4) is 0 Å². The molecule has 1 aromatic rings. The highest BCUT2D eigenvalue weighted by atomic mass is 16.5. The number of aromatic nitrogens is 1. The Labute approximate surface area is 89.9 Å². The number of ether oxygens (including phenoxy) is 1. The molecule has 80 valence electrons. The van der Waals surface area contributed by atoms with Gasteiger partial charge in [0.25, 0.3) is 0 Å². The average Bonchev–Trinajstić information content (AvgIpc) is 2.58. The van der Waals surface area contributed by atoms with Crippen LogP contribution in [0, 0.1) is 6.92 Å². The summed E-state index contributed by atoms with van der Waals surface area (Å²) in [7, 11) is 0. The van der Waals surface area contributed by atoms with E-state index in [1.807, 2.05) is 13.1 Å². The Morgan fingerprint density at radius 3 is 3.00 bits per heavy atom. The van der Waals surface area contributed by atoms with Gasteiger partial charge in [-0.1, -0.05) is 0 Å². The van der Waals surface area contributed by atoms with E-state index in [0.29, 0.717) is 0 Å². The molecule has 3 rings (SSSR count). The zero-order valence-electron chi connectivity index (χ0n) is 9.05. The molecule has 2 aliphatic heterocycles. The van der Waals surface area contributed by atoms with Gasteiger partial charge in [0.15, 0.2) is 0 Å². The summed E-state index contributed by atoms with van der Waals surface area (Å²) in [6.07, 6.45) is 4.17. The first kappa shape index (κ1) is 9.31. The van der Waals surface area contributed by atoms with Crippen LogP contribution in [0.4, 0.5) is 0 Å². The molecule has 0 atom stereocenters. The Morgan fingerprint density at radius 1 is 1.40 bits per heavy atom. The first-order valence-electron chi connectivity index (χ1n) is 5.61. The number of piperidine rings is 1. The molecule has 0 saturated carbocycles. The largest absolute Gasteiger partial charge is 0.365 e. The van der Waals surface area contributed by atoms with Gasteiger partial charge >= 0.3 is 0 Å². The Hall–Kier alpha value is -0.930. The molecule has 0 bridgehead atoms. The highest BCUT2D eigenvalue weighted by Crippen LogP contribution is 2.42. The van der Waals surface area contributed by atoms with Crippen LogP contribution in [0.1, 0.15) is 29.7 Å². The molecule has 1 N–H and O–H groups in total. The number of hydrogen-bond donors (Lipinski definition) is 1. The molecular weight excluding hydrogens is 188 g/mol. The van der Waals surface area contributed by atoms with Crippen LogP contribution in [0.5, 0.6) is 0 Å². The van der Waals surface area contributed by atoms with Crippen molar-refractivity contribution < 1.29 is 4.74 Å². The van der Waals surface area contributed by atoms with Gasteiger partial charge < -0.3 is 10.1 Å². The smallest absolute Gasteiger partial charge is 0.0978 e. The van der Waals surface area contributed by atoms with Crippen LogP contribution in [0.2, 0.25) is 0 Å². The van der Waals surface area contributed by atoms with Crippen molar-refractivity contribution in [3.05, 3.63) is 29.1 Å². The van der Waals surface area contributed by atoms with Crippen LogP contribution in [-0.4, -0.2) is 18.1 Å². The van der Waals surface area contributed by atoms with E-state index in [9.17, 15) is 0 Å². The van der Waals surface area contributed by atoms with Gasteiger partial charge in [0.1, 0.15) is 0 Å². The van der Waals surface area contributed by atoms with Crippen LogP contribution in [-0.2, 0) is 16.9 Å². The zero-order valence-corrected chi connectivity index (χ0v) is 9.05. The van der Waals surface area contributed by atoms with Crippen molar-refractivity contribution in [1.29, 1.82) is 0 Å². The maximum absolute atomic E-state index is 6.03. The Morgan fingerprint density at radius 2 is 2.20 bits per heavy atom. The molecule has 0 aliphatic carbocycles. The molecule has 3 heterocycles. The van der Waals surface area contributed by atoms with Crippen LogP contribution in [0.15, 0.2) is 12.3 Å². The van der Waals surface area contributed by atoms with E-state index in [1.165, 1.54) is 11.1 Å². The molecule has 0 aromatic carbocycles. The third kappa shape index (κ3) is 1.38. The molecule has 0 unspecified atom stereocenters. The number of fused-ring (bicyclic) bond motifs is 2. The molecule has 1 saturated heterocycles. The summed E-state index contributed by atoms with van der Waals surface area (Å²) in [4.78, 5) is 4.40. The van der Waals surface area contributed by atoms with Crippen molar-refractivity contribution in [3.63, 3.8) is 0 Å². The fourth-order valence-corrected chi connectivity index (χ4v) is 2.68. The summed E-state index contributed by atoms with van der Waals surface area (Å²) in [5, 5.41) is 3.38. The maximum Gasteiger partial charge on any atom is 0.0978 e. The van der Waals surface area contributed by atoms with E-state index in [1.54, 1.807) is 0 Å². The molecule has 2 aliphatic rings. The number of nitrogens with one attached hydrogen (secondary N) is 1. The van der Waals surface area contributed by atoms with Crippen LogP contribution >= 0.6 is 0 Å². The van der Waals surface area contributed by atoms with E-state index < -0.39 is 0 Å². The molecular formula is C12H16N2O. The maximum atomic E-state index is 6.03. The van der Waals surface area contributed by atoms with Gasteiger partial charge in [0.05, 0.1) is 12.2 Å². The fourth-order valence-electron chi connectivity index (χ4n) is 2.68. The van der Waals surface area contributed by atoms with Gasteiger partial charge in [-0.15, -0.1) is 0 Å². The predicted molar refractivity (Wildman–Crippen MR) is 57.5 cm³/mol. The molecule has 0 radical (unpaired) electrons. The molecule has 0 amide bonds. The van der Waals surface area contributed by atoms with E-state index in [0.717, 1.165) is 38.2 Å².